The number of carbonyl (C=O) groups is 1. The number of anilines is 2. The Morgan fingerprint density at radius 3 is 2.41 bits per heavy atom. The fourth-order valence-electron chi connectivity index (χ4n) is 4.58. The van der Waals surface area contributed by atoms with Gasteiger partial charge < -0.3 is 15.1 Å². The number of piperazine rings is 1. The van der Waals surface area contributed by atoms with Crippen LogP contribution in [0.3, 0.4) is 0 Å². The number of benzene rings is 1. The summed E-state index contributed by atoms with van der Waals surface area (Å²) in [7, 11) is 0. The molecule has 0 unspecified atom stereocenters. The van der Waals surface area contributed by atoms with Gasteiger partial charge in [0.1, 0.15) is 5.56 Å². The Labute approximate surface area is 222 Å². The number of hydrogen-bond acceptors (Lipinski definition) is 9. The average Bonchev–Trinajstić information content (AvgIpc) is 3.54. The molecule has 0 saturated carbocycles. The molecule has 2 saturated heterocycles. The number of nitrogens with zero attached hydrogens (tertiary/aromatic N) is 6. The van der Waals surface area contributed by atoms with Crippen molar-refractivity contribution >= 4 is 33.8 Å². The van der Waals surface area contributed by atoms with E-state index >= 15 is 0 Å². The van der Waals surface area contributed by atoms with Gasteiger partial charge in [-0.25, -0.2) is 0 Å². The molecular formula is C22H25F6N7O3S. The number of nitro benzene ring substituents is 1. The molecule has 2 fully saturated rings. The zero-order valence-electron chi connectivity index (χ0n) is 20.5. The van der Waals surface area contributed by atoms with E-state index in [2.05, 4.69) is 20.4 Å². The van der Waals surface area contributed by atoms with Crippen molar-refractivity contribution in [1.82, 2.24) is 20.0 Å². The number of hydrogen-bond donors (Lipinski definition) is 1. The first-order chi connectivity index (χ1) is 18.3. The molecule has 10 nitrogen and oxygen atoms in total. The molecule has 1 atom stereocenters. The van der Waals surface area contributed by atoms with Crippen LogP contribution in [0.25, 0.3) is 0 Å². The van der Waals surface area contributed by atoms with Crippen LogP contribution in [-0.2, 0) is 17.1 Å². The normalized spacial score (nSPS) is 19.0. The third-order valence-corrected chi connectivity index (χ3v) is 7.60. The molecule has 2 aliphatic rings. The predicted octanol–water partition coefficient (Wildman–Crippen LogP) is 4.10. The van der Waals surface area contributed by atoms with E-state index < -0.39 is 33.5 Å². The molecular weight excluding hydrogens is 556 g/mol. The lowest BCUT2D eigenvalue weighted by molar-refractivity contribution is -0.388. The highest BCUT2D eigenvalue weighted by Gasteiger charge is 2.39. The van der Waals surface area contributed by atoms with E-state index in [9.17, 15) is 41.3 Å². The van der Waals surface area contributed by atoms with Crippen molar-refractivity contribution < 1.29 is 36.1 Å². The molecule has 17 heteroatoms. The van der Waals surface area contributed by atoms with Crippen molar-refractivity contribution in [3.05, 3.63) is 38.9 Å². The fraction of sp³-hybridized carbons (Fsp3) is 0.591. The minimum atomic E-state index is -4.88. The second kappa shape index (κ2) is 11.5. The Morgan fingerprint density at radius 1 is 1.08 bits per heavy atom. The smallest absolute Gasteiger partial charge is 0.380 e. The van der Waals surface area contributed by atoms with Gasteiger partial charge in [0.25, 0.3) is 5.69 Å². The second-order valence-corrected chi connectivity index (χ2v) is 10.2. The Hall–Kier alpha value is -3.21. The van der Waals surface area contributed by atoms with Gasteiger partial charge in [0.2, 0.25) is 16.0 Å². The highest BCUT2D eigenvalue weighted by Crippen LogP contribution is 2.38. The molecule has 0 radical (unpaired) electrons. The molecule has 1 amide bonds. The van der Waals surface area contributed by atoms with Gasteiger partial charge >= 0.3 is 12.4 Å². The van der Waals surface area contributed by atoms with Gasteiger partial charge in [-0.2, -0.15) is 26.3 Å². The summed E-state index contributed by atoms with van der Waals surface area (Å²) in [5, 5.41) is 20.0. The van der Waals surface area contributed by atoms with Gasteiger partial charge in [0, 0.05) is 63.5 Å². The Morgan fingerprint density at radius 2 is 1.79 bits per heavy atom. The predicted molar refractivity (Wildman–Crippen MR) is 130 cm³/mol. The molecule has 1 aromatic heterocycles. The van der Waals surface area contributed by atoms with E-state index in [0.717, 1.165) is 6.07 Å². The first-order valence-corrected chi connectivity index (χ1v) is 12.9. The van der Waals surface area contributed by atoms with E-state index in [1.165, 1.54) is 6.07 Å². The third-order valence-electron chi connectivity index (χ3n) is 6.58. The molecule has 39 heavy (non-hydrogen) atoms. The number of amides is 1. The van der Waals surface area contributed by atoms with Crippen LogP contribution in [-0.4, -0.2) is 82.7 Å². The largest absolute Gasteiger partial charge is 0.445 e. The number of likely N-dealkylation sites (tertiary alicyclic amines) is 1. The molecule has 1 aromatic carbocycles. The molecule has 0 aliphatic carbocycles. The lowest BCUT2D eigenvalue weighted by Crippen LogP contribution is -2.46. The summed E-state index contributed by atoms with van der Waals surface area (Å²) in [5.41, 5.74) is -2.26. The quantitative estimate of drug-likeness (QED) is 0.282. The summed E-state index contributed by atoms with van der Waals surface area (Å²) in [4.78, 5) is 28.0. The van der Waals surface area contributed by atoms with E-state index in [1.54, 1.807) is 9.80 Å². The van der Waals surface area contributed by atoms with Crippen LogP contribution in [0.2, 0.25) is 0 Å². The minimum Gasteiger partial charge on any atom is -0.380 e. The molecule has 3 heterocycles. The van der Waals surface area contributed by atoms with Gasteiger partial charge in [-0.05, 0) is 31.5 Å². The van der Waals surface area contributed by atoms with Gasteiger partial charge in [0.15, 0.2) is 0 Å². The summed E-state index contributed by atoms with van der Waals surface area (Å²) >= 11 is 0.515. The lowest BCUT2D eigenvalue weighted by atomic mass is 10.1. The minimum absolute atomic E-state index is 0.0776. The highest BCUT2D eigenvalue weighted by molar-refractivity contribution is 7.15. The molecule has 4 rings (SSSR count). The molecule has 0 spiro atoms. The molecule has 2 aliphatic heterocycles. The maximum Gasteiger partial charge on any atom is 0.445 e. The van der Waals surface area contributed by atoms with Crippen molar-refractivity contribution in [1.29, 1.82) is 0 Å². The number of carbonyl (C=O) groups excluding carboxylic acids is 1. The lowest BCUT2D eigenvalue weighted by Gasteiger charge is -2.34. The van der Waals surface area contributed by atoms with Gasteiger partial charge in [-0.1, -0.05) is 11.3 Å². The molecule has 0 bridgehead atoms. The molecule has 1 N–H and O–H groups in total. The van der Waals surface area contributed by atoms with Gasteiger partial charge in [-0.15, -0.1) is 10.2 Å². The van der Waals surface area contributed by atoms with Crippen LogP contribution in [0.4, 0.5) is 42.8 Å². The van der Waals surface area contributed by atoms with Crippen LogP contribution in [0.15, 0.2) is 18.2 Å². The van der Waals surface area contributed by atoms with E-state index in [-0.39, 0.29) is 29.2 Å². The summed E-state index contributed by atoms with van der Waals surface area (Å²) in [6, 6.07) is 2.46. The van der Waals surface area contributed by atoms with E-state index in [1.807, 2.05) is 0 Å². The van der Waals surface area contributed by atoms with Crippen molar-refractivity contribution in [2.45, 2.75) is 37.7 Å². The first-order valence-electron chi connectivity index (χ1n) is 12.1. The number of rotatable bonds is 8. The summed E-state index contributed by atoms with van der Waals surface area (Å²) in [6.45, 7) is 3.60. The van der Waals surface area contributed by atoms with Crippen LogP contribution in [0.1, 0.15) is 29.8 Å². The maximum atomic E-state index is 13.2. The van der Waals surface area contributed by atoms with Crippen LogP contribution in [0.5, 0.6) is 0 Å². The molecule has 214 valence electrons. The number of nitro groups is 1. The second-order valence-electron chi connectivity index (χ2n) is 9.28. The number of nitrogens with one attached hydrogen (secondary N) is 1. The molecule has 2 aromatic rings. The van der Waals surface area contributed by atoms with Crippen molar-refractivity contribution in [2.24, 2.45) is 0 Å². The third kappa shape index (κ3) is 7.26. The van der Waals surface area contributed by atoms with Gasteiger partial charge in [0.05, 0.1) is 4.92 Å². The number of halogens is 6. The Bertz CT molecular complexity index is 1180. The van der Waals surface area contributed by atoms with Crippen molar-refractivity contribution in [2.75, 3.05) is 56.0 Å². The summed E-state index contributed by atoms with van der Waals surface area (Å²) in [5.74, 6) is -0.0776. The van der Waals surface area contributed by atoms with Crippen LogP contribution < -0.4 is 10.2 Å². The van der Waals surface area contributed by atoms with Crippen molar-refractivity contribution in [3.8, 4) is 0 Å². The number of alkyl halides is 6. The van der Waals surface area contributed by atoms with Crippen LogP contribution >= 0.6 is 11.3 Å². The maximum absolute atomic E-state index is 13.2. The summed E-state index contributed by atoms with van der Waals surface area (Å²) < 4.78 is 77.9. The summed E-state index contributed by atoms with van der Waals surface area (Å²) in [6.07, 6.45) is -8.00. The van der Waals surface area contributed by atoms with Crippen molar-refractivity contribution in [3.63, 3.8) is 0 Å². The Balaban J connectivity index is 1.19. The number of aromatic nitrogens is 2. The van der Waals surface area contributed by atoms with Gasteiger partial charge in [-0.3, -0.25) is 19.8 Å². The average molecular weight is 582 g/mol. The Kier molecular flexibility index (Phi) is 8.48. The highest BCUT2D eigenvalue weighted by atomic mass is 32.1. The SMILES string of the molecule is O=C(CCCN1CCN(c2nnc(C(F)(F)F)s2)CC1)N1CC[C@H](Nc2ccc([N+](=O)[O-])c(C(F)(F)F)c2)C1. The zero-order chi connectivity index (χ0) is 28.4. The monoisotopic (exact) mass is 581 g/mol. The topological polar surface area (TPSA) is 108 Å². The van der Waals surface area contributed by atoms with Crippen LogP contribution in [0, 0.1) is 10.1 Å². The fourth-order valence-corrected chi connectivity index (χ4v) is 5.35. The standard InChI is InChI=1S/C22H25F6N7O3S/c23-21(24,25)16-12-14(3-4-17(16)35(37)38)29-15-5-7-34(13-15)18(36)2-1-6-32-8-10-33(11-9-32)20-31-30-19(39-20)22(26,27)28/h3-4,12,15,29H,1-2,5-11,13H2/t15-/m0/s1. The van der Waals surface area contributed by atoms with E-state index in [4.69, 9.17) is 0 Å². The first kappa shape index (κ1) is 28.8. The zero-order valence-corrected chi connectivity index (χ0v) is 21.3. The van der Waals surface area contributed by atoms with E-state index in [0.29, 0.717) is 76.1 Å².